The van der Waals surface area contributed by atoms with Gasteiger partial charge in [-0.2, -0.15) is 0 Å². The molecule has 0 saturated carbocycles. The van der Waals surface area contributed by atoms with Crippen molar-refractivity contribution < 1.29 is 9.59 Å². The fourth-order valence-electron chi connectivity index (χ4n) is 3.09. The van der Waals surface area contributed by atoms with Crippen molar-refractivity contribution in [1.82, 2.24) is 10.3 Å². The molecule has 0 spiro atoms. The molecule has 0 fully saturated rings. The Labute approximate surface area is 181 Å². The molecule has 0 aliphatic rings. The number of hydrogen-bond donors (Lipinski definition) is 2. The van der Waals surface area contributed by atoms with Gasteiger partial charge in [0.05, 0.1) is 11.7 Å². The molecule has 0 unspecified atom stereocenters. The quantitative estimate of drug-likeness (QED) is 0.567. The number of hydrogen-bond acceptors (Lipinski definition) is 4. The van der Waals surface area contributed by atoms with E-state index in [1.807, 2.05) is 60.8 Å². The van der Waals surface area contributed by atoms with Gasteiger partial charge < -0.3 is 5.32 Å². The zero-order valence-corrected chi connectivity index (χ0v) is 18.8. The first-order valence-corrected chi connectivity index (χ1v) is 10.8. The molecular weight excluding hydrogens is 394 g/mol. The third-order valence-electron chi connectivity index (χ3n) is 4.86. The number of benzene rings is 2. The van der Waals surface area contributed by atoms with E-state index in [0.29, 0.717) is 10.7 Å². The van der Waals surface area contributed by atoms with E-state index < -0.39 is 0 Å². The summed E-state index contributed by atoms with van der Waals surface area (Å²) >= 11 is 1.39. The summed E-state index contributed by atoms with van der Waals surface area (Å²) in [5.74, 6) is -0.227. The summed E-state index contributed by atoms with van der Waals surface area (Å²) < 4.78 is 0. The highest BCUT2D eigenvalue weighted by molar-refractivity contribution is 7.14. The molecule has 1 aromatic heterocycles. The average Bonchev–Trinajstić information content (AvgIpc) is 3.15. The predicted molar refractivity (Wildman–Crippen MR) is 123 cm³/mol. The van der Waals surface area contributed by atoms with Crippen molar-refractivity contribution in [3.8, 4) is 11.3 Å². The number of amides is 2. The summed E-state index contributed by atoms with van der Waals surface area (Å²) in [5, 5.41) is 8.23. The van der Waals surface area contributed by atoms with Crippen LogP contribution in [0.25, 0.3) is 11.3 Å². The van der Waals surface area contributed by atoms with Crippen LogP contribution >= 0.6 is 11.3 Å². The van der Waals surface area contributed by atoms with Crippen LogP contribution in [-0.4, -0.2) is 16.8 Å². The molecule has 0 aliphatic heterocycles. The lowest BCUT2D eigenvalue weighted by Crippen LogP contribution is -2.23. The van der Waals surface area contributed by atoms with E-state index in [2.05, 4.69) is 36.4 Å². The van der Waals surface area contributed by atoms with Crippen LogP contribution in [0.4, 0.5) is 5.13 Å². The predicted octanol–water partition coefficient (Wildman–Crippen LogP) is 5.56. The van der Waals surface area contributed by atoms with Crippen LogP contribution in [0.15, 0.2) is 53.9 Å². The third-order valence-corrected chi connectivity index (χ3v) is 5.62. The Hall–Kier alpha value is -2.99. The molecule has 0 bridgehead atoms. The third kappa shape index (κ3) is 5.33. The molecule has 1 atom stereocenters. The molecule has 2 aromatic carbocycles. The van der Waals surface area contributed by atoms with Crippen molar-refractivity contribution >= 4 is 28.3 Å². The Morgan fingerprint density at radius 1 is 1.00 bits per heavy atom. The second-order valence-corrected chi connectivity index (χ2v) is 9.22. The van der Waals surface area contributed by atoms with Crippen molar-refractivity contribution in [2.24, 2.45) is 0 Å². The van der Waals surface area contributed by atoms with Gasteiger partial charge in [0, 0.05) is 23.4 Å². The molecule has 2 N–H and O–H groups in total. The lowest BCUT2D eigenvalue weighted by molar-refractivity contribution is -0.119. The molecule has 0 aliphatic carbocycles. The highest BCUT2D eigenvalue weighted by atomic mass is 32.1. The van der Waals surface area contributed by atoms with Crippen molar-refractivity contribution in [3.63, 3.8) is 0 Å². The van der Waals surface area contributed by atoms with Crippen LogP contribution in [0.2, 0.25) is 0 Å². The van der Waals surface area contributed by atoms with Gasteiger partial charge in [-0.15, -0.1) is 11.3 Å². The minimum atomic E-state index is -0.171. The molecule has 3 rings (SSSR count). The molecule has 6 heteroatoms. The Bertz CT molecular complexity index is 1030. The van der Waals surface area contributed by atoms with Gasteiger partial charge in [0.1, 0.15) is 0 Å². The lowest BCUT2D eigenvalue weighted by atomic mass is 9.87. The summed E-state index contributed by atoms with van der Waals surface area (Å²) in [6.07, 6.45) is 0. The summed E-state index contributed by atoms with van der Waals surface area (Å²) in [6, 6.07) is 15.5. The van der Waals surface area contributed by atoms with Crippen LogP contribution in [0.5, 0.6) is 0 Å². The van der Waals surface area contributed by atoms with Gasteiger partial charge in [0.2, 0.25) is 5.91 Å². The van der Waals surface area contributed by atoms with E-state index in [-0.39, 0.29) is 23.3 Å². The standard InChI is InChI=1S/C24H27N3O2S/c1-15(25-16(2)28)17-6-8-18(9-7-17)21-14-30-23(26-21)27-22(29)19-10-12-20(13-11-19)24(3,4)5/h6-15H,1-5H3,(H,25,28)(H,26,27,29)/t15-/m0/s1. The smallest absolute Gasteiger partial charge is 0.257 e. The van der Waals surface area contributed by atoms with Crippen LogP contribution in [-0.2, 0) is 10.2 Å². The summed E-state index contributed by atoms with van der Waals surface area (Å²) in [5.41, 5.74) is 4.63. The second kappa shape index (κ2) is 8.79. The monoisotopic (exact) mass is 421 g/mol. The Morgan fingerprint density at radius 3 is 2.20 bits per heavy atom. The maximum absolute atomic E-state index is 12.5. The van der Waals surface area contributed by atoms with Gasteiger partial charge in [-0.1, -0.05) is 57.2 Å². The summed E-state index contributed by atoms with van der Waals surface area (Å²) in [6.45, 7) is 9.89. The molecule has 156 valence electrons. The zero-order chi connectivity index (χ0) is 21.9. The van der Waals surface area contributed by atoms with E-state index >= 15 is 0 Å². The fraction of sp³-hybridized carbons (Fsp3) is 0.292. The number of thiazole rings is 1. The molecule has 0 saturated heterocycles. The van der Waals surface area contributed by atoms with E-state index in [9.17, 15) is 9.59 Å². The van der Waals surface area contributed by atoms with Crippen LogP contribution in [0.3, 0.4) is 0 Å². The van der Waals surface area contributed by atoms with E-state index in [1.54, 1.807) is 0 Å². The minimum absolute atomic E-state index is 0.0495. The van der Waals surface area contributed by atoms with Gasteiger partial charge in [-0.05, 0) is 35.6 Å². The van der Waals surface area contributed by atoms with Gasteiger partial charge in [0.25, 0.3) is 5.91 Å². The Balaban J connectivity index is 1.67. The highest BCUT2D eigenvalue weighted by Crippen LogP contribution is 2.27. The molecule has 30 heavy (non-hydrogen) atoms. The van der Waals surface area contributed by atoms with Crippen LogP contribution in [0, 0.1) is 0 Å². The number of carbonyl (C=O) groups excluding carboxylic acids is 2. The van der Waals surface area contributed by atoms with Gasteiger partial charge in [0.15, 0.2) is 5.13 Å². The molecule has 5 nitrogen and oxygen atoms in total. The molecule has 0 radical (unpaired) electrons. The first-order valence-electron chi connectivity index (χ1n) is 9.88. The summed E-state index contributed by atoms with van der Waals surface area (Å²) in [7, 11) is 0. The van der Waals surface area contributed by atoms with Crippen molar-refractivity contribution in [2.45, 2.75) is 46.1 Å². The maximum Gasteiger partial charge on any atom is 0.257 e. The first kappa shape index (κ1) is 21.7. The van der Waals surface area contributed by atoms with Crippen LogP contribution in [0.1, 0.15) is 62.1 Å². The van der Waals surface area contributed by atoms with Crippen molar-refractivity contribution in [3.05, 3.63) is 70.6 Å². The van der Waals surface area contributed by atoms with Crippen LogP contribution < -0.4 is 10.6 Å². The fourth-order valence-corrected chi connectivity index (χ4v) is 3.80. The molecular formula is C24H27N3O2S. The summed E-state index contributed by atoms with van der Waals surface area (Å²) in [4.78, 5) is 28.3. The van der Waals surface area contributed by atoms with E-state index in [0.717, 1.165) is 16.8 Å². The number of nitrogens with one attached hydrogen (secondary N) is 2. The second-order valence-electron chi connectivity index (χ2n) is 8.36. The maximum atomic E-state index is 12.5. The SMILES string of the molecule is CC(=O)N[C@@H](C)c1ccc(-c2csc(NC(=O)c3ccc(C(C)(C)C)cc3)n2)cc1. The average molecular weight is 422 g/mol. The normalized spacial score (nSPS) is 12.3. The number of aromatic nitrogens is 1. The topological polar surface area (TPSA) is 71.1 Å². The zero-order valence-electron chi connectivity index (χ0n) is 17.9. The van der Waals surface area contributed by atoms with Crippen molar-refractivity contribution in [1.29, 1.82) is 0 Å². The molecule has 2 amide bonds. The Kier molecular flexibility index (Phi) is 6.37. The first-order chi connectivity index (χ1) is 14.1. The number of carbonyl (C=O) groups is 2. The van der Waals surface area contributed by atoms with Gasteiger partial charge in [-0.3, -0.25) is 14.9 Å². The number of nitrogens with zero attached hydrogens (tertiary/aromatic N) is 1. The van der Waals surface area contributed by atoms with Crippen molar-refractivity contribution in [2.75, 3.05) is 5.32 Å². The van der Waals surface area contributed by atoms with Gasteiger partial charge >= 0.3 is 0 Å². The van der Waals surface area contributed by atoms with E-state index in [4.69, 9.17) is 0 Å². The minimum Gasteiger partial charge on any atom is -0.350 e. The number of anilines is 1. The van der Waals surface area contributed by atoms with E-state index in [1.165, 1.54) is 23.8 Å². The molecule has 1 heterocycles. The van der Waals surface area contributed by atoms with Gasteiger partial charge in [-0.25, -0.2) is 4.98 Å². The molecule has 3 aromatic rings. The Morgan fingerprint density at radius 2 is 1.63 bits per heavy atom. The largest absolute Gasteiger partial charge is 0.350 e. The lowest BCUT2D eigenvalue weighted by Gasteiger charge is -2.18. The highest BCUT2D eigenvalue weighted by Gasteiger charge is 2.15. The number of rotatable bonds is 5.